The standard InChI is InChI=1S/C13H21NS/c1-4-5-6-7-13-12(8-9-15-13)11(2)10-14-3/h4,8-9,11,14H,1,5-7,10H2,2-3H3. The van der Waals surface area contributed by atoms with Crippen LogP contribution < -0.4 is 5.32 Å². The Hall–Kier alpha value is -0.600. The smallest absolute Gasteiger partial charge is 0.00805 e. The summed E-state index contributed by atoms with van der Waals surface area (Å²) in [5.74, 6) is 0.625. The summed E-state index contributed by atoms with van der Waals surface area (Å²) in [6.07, 6.45) is 5.55. The summed E-state index contributed by atoms with van der Waals surface area (Å²) in [4.78, 5) is 1.56. The number of rotatable bonds is 7. The van der Waals surface area contributed by atoms with Gasteiger partial charge in [0.2, 0.25) is 0 Å². The van der Waals surface area contributed by atoms with Crippen LogP contribution >= 0.6 is 11.3 Å². The minimum Gasteiger partial charge on any atom is -0.319 e. The van der Waals surface area contributed by atoms with E-state index < -0.39 is 0 Å². The van der Waals surface area contributed by atoms with Gasteiger partial charge in [0, 0.05) is 11.4 Å². The summed E-state index contributed by atoms with van der Waals surface area (Å²) >= 11 is 1.89. The minimum atomic E-state index is 0.625. The van der Waals surface area contributed by atoms with Crippen LogP contribution in [0.25, 0.3) is 0 Å². The molecule has 1 heterocycles. The molecule has 0 radical (unpaired) electrons. The van der Waals surface area contributed by atoms with Crippen molar-refractivity contribution in [3.05, 3.63) is 34.5 Å². The second-order valence-corrected chi connectivity index (χ2v) is 4.94. The maximum absolute atomic E-state index is 3.76. The fraction of sp³-hybridized carbons (Fsp3) is 0.538. The van der Waals surface area contributed by atoms with E-state index in [0.29, 0.717) is 5.92 Å². The van der Waals surface area contributed by atoms with E-state index in [-0.39, 0.29) is 0 Å². The van der Waals surface area contributed by atoms with Gasteiger partial charge in [-0.2, -0.15) is 0 Å². The highest BCUT2D eigenvalue weighted by Crippen LogP contribution is 2.26. The van der Waals surface area contributed by atoms with E-state index in [2.05, 4.69) is 30.3 Å². The molecule has 0 amide bonds. The first kappa shape index (κ1) is 12.5. The predicted molar refractivity (Wildman–Crippen MR) is 69.8 cm³/mol. The molecule has 1 aromatic rings. The van der Waals surface area contributed by atoms with Crippen molar-refractivity contribution in [1.29, 1.82) is 0 Å². The molecule has 15 heavy (non-hydrogen) atoms. The predicted octanol–water partition coefficient (Wildman–Crippen LogP) is 3.58. The average Bonchev–Trinajstić information content (AvgIpc) is 2.67. The van der Waals surface area contributed by atoms with Crippen LogP contribution in [-0.2, 0) is 6.42 Å². The molecule has 1 unspecified atom stereocenters. The number of thiophene rings is 1. The van der Waals surface area contributed by atoms with Gasteiger partial charge in [0.15, 0.2) is 0 Å². The molecule has 1 atom stereocenters. The maximum Gasteiger partial charge on any atom is 0.00805 e. The van der Waals surface area contributed by atoms with Gasteiger partial charge in [0.05, 0.1) is 0 Å². The molecule has 0 aliphatic carbocycles. The van der Waals surface area contributed by atoms with Crippen LogP contribution in [0.15, 0.2) is 24.1 Å². The number of hydrogen-bond acceptors (Lipinski definition) is 2. The number of hydrogen-bond donors (Lipinski definition) is 1. The summed E-state index contributed by atoms with van der Waals surface area (Å²) in [6.45, 7) is 7.11. The van der Waals surface area contributed by atoms with Gasteiger partial charge in [0.1, 0.15) is 0 Å². The van der Waals surface area contributed by atoms with Crippen LogP contribution in [0, 0.1) is 0 Å². The van der Waals surface area contributed by atoms with Crippen molar-refractivity contribution in [3.8, 4) is 0 Å². The zero-order chi connectivity index (χ0) is 11.1. The Morgan fingerprint density at radius 1 is 1.60 bits per heavy atom. The third-order valence-electron chi connectivity index (χ3n) is 2.63. The molecule has 0 aliphatic heterocycles. The number of likely N-dealkylation sites (N-methyl/N-ethyl adjacent to an activating group) is 1. The number of allylic oxidation sites excluding steroid dienone is 1. The fourth-order valence-electron chi connectivity index (χ4n) is 1.82. The highest BCUT2D eigenvalue weighted by molar-refractivity contribution is 7.10. The van der Waals surface area contributed by atoms with Gasteiger partial charge in [-0.05, 0) is 49.2 Å². The van der Waals surface area contributed by atoms with Gasteiger partial charge in [-0.1, -0.05) is 13.0 Å². The quantitative estimate of drug-likeness (QED) is 0.550. The number of unbranched alkanes of at least 4 members (excludes halogenated alkanes) is 1. The summed E-state index contributed by atoms with van der Waals surface area (Å²) in [5, 5.41) is 5.45. The molecule has 1 N–H and O–H groups in total. The van der Waals surface area contributed by atoms with E-state index in [1.165, 1.54) is 18.4 Å². The highest BCUT2D eigenvalue weighted by atomic mass is 32.1. The summed E-state index contributed by atoms with van der Waals surface area (Å²) in [5.41, 5.74) is 1.53. The van der Waals surface area contributed by atoms with Crippen LogP contribution in [0.2, 0.25) is 0 Å². The summed E-state index contributed by atoms with van der Waals surface area (Å²) in [7, 11) is 2.01. The first-order chi connectivity index (χ1) is 7.29. The molecule has 0 aromatic carbocycles. The Bertz CT molecular complexity index is 290. The molecule has 1 nitrogen and oxygen atoms in total. The van der Waals surface area contributed by atoms with Crippen LogP contribution in [0.5, 0.6) is 0 Å². The van der Waals surface area contributed by atoms with E-state index >= 15 is 0 Å². The van der Waals surface area contributed by atoms with Crippen molar-refractivity contribution in [3.63, 3.8) is 0 Å². The van der Waals surface area contributed by atoms with Crippen molar-refractivity contribution >= 4 is 11.3 Å². The summed E-state index contributed by atoms with van der Waals surface area (Å²) in [6, 6.07) is 2.27. The Labute approximate surface area is 97.2 Å². The molecule has 1 aromatic heterocycles. The van der Waals surface area contributed by atoms with Gasteiger partial charge in [0.25, 0.3) is 0 Å². The van der Waals surface area contributed by atoms with Crippen molar-refractivity contribution in [1.82, 2.24) is 5.32 Å². The average molecular weight is 223 g/mol. The highest BCUT2D eigenvalue weighted by Gasteiger charge is 2.10. The Morgan fingerprint density at radius 3 is 3.07 bits per heavy atom. The molecule has 2 heteroatoms. The van der Waals surface area contributed by atoms with E-state index in [1.807, 2.05) is 24.5 Å². The fourth-order valence-corrected chi connectivity index (χ4v) is 2.86. The molecule has 1 rings (SSSR count). The van der Waals surface area contributed by atoms with Crippen LogP contribution in [0.3, 0.4) is 0 Å². The Kier molecular flexibility index (Phi) is 5.66. The molecule has 84 valence electrons. The molecule has 0 fully saturated rings. The van der Waals surface area contributed by atoms with Crippen LogP contribution in [0.1, 0.15) is 36.1 Å². The second kappa shape index (κ2) is 6.81. The lowest BCUT2D eigenvalue weighted by molar-refractivity contribution is 0.672. The van der Waals surface area contributed by atoms with Crippen LogP contribution in [0.4, 0.5) is 0 Å². The molecule has 0 saturated carbocycles. The Morgan fingerprint density at radius 2 is 2.40 bits per heavy atom. The lowest BCUT2D eigenvalue weighted by atomic mass is 10.00. The molecular weight excluding hydrogens is 202 g/mol. The largest absolute Gasteiger partial charge is 0.319 e. The lowest BCUT2D eigenvalue weighted by Crippen LogP contribution is -2.15. The van der Waals surface area contributed by atoms with Gasteiger partial charge >= 0.3 is 0 Å². The van der Waals surface area contributed by atoms with Crippen molar-refractivity contribution < 1.29 is 0 Å². The molecule has 0 spiro atoms. The summed E-state index contributed by atoms with van der Waals surface area (Å²) < 4.78 is 0. The van der Waals surface area contributed by atoms with Gasteiger partial charge in [-0.15, -0.1) is 17.9 Å². The monoisotopic (exact) mass is 223 g/mol. The van der Waals surface area contributed by atoms with Gasteiger partial charge in [-0.25, -0.2) is 0 Å². The van der Waals surface area contributed by atoms with Gasteiger partial charge < -0.3 is 5.32 Å². The normalized spacial score (nSPS) is 12.7. The van der Waals surface area contributed by atoms with Gasteiger partial charge in [-0.3, -0.25) is 0 Å². The lowest BCUT2D eigenvalue weighted by Gasteiger charge is -2.11. The van der Waals surface area contributed by atoms with Crippen molar-refractivity contribution in [2.45, 2.75) is 32.1 Å². The Balaban J connectivity index is 2.56. The number of aryl methyl sites for hydroxylation is 1. The van der Waals surface area contributed by atoms with E-state index in [4.69, 9.17) is 0 Å². The van der Waals surface area contributed by atoms with Crippen molar-refractivity contribution in [2.75, 3.05) is 13.6 Å². The zero-order valence-electron chi connectivity index (χ0n) is 9.75. The first-order valence-corrected chi connectivity index (χ1v) is 6.49. The number of nitrogens with one attached hydrogen (secondary N) is 1. The zero-order valence-corrected chi connectivity index (χ0v) is 10.6. The topological polar surface area (TPSA) is 12.0 Å². The maximum atomic E-state index is 3.76. The SMILES string of the molecule is C=CCCCc1sccc1C(C)CNC. The van der Waals surface area contributed by atoms with E-state index in [1.54, 1.807) is 4.88 Å². The molecule has 0 saturated heterocycles. The van der Waals surface area contributed by atoms with E-state index in [0.717, 1.165) is 13.0 Å². The third-order valence-corrected chi connectivity index (χ3v) is 3.63. The first-order valence-electron chi connectivity index (χ1n) is 5.61. The second-order valence-electron chi connectivity index (χ2n) is 3.94. The van der Waals surface area contributed by atoms with Crippen LogP contribution in [-0.4, -0.2) is 13.6 Å². The molecule has 0 bridgehead atoms. The van der Waals surface area contributed by atoms with Crippen molar-refractivity contribution in [2.24, 2.45) is 0 Å². The molecular formula is C13H21NS. The van der Waals surface area contributed by atoms with E-state index in [9.17, 15) is 0 Å². The third kappa shape index (κ3) is 3.80. The molecule has 0 aliphatic rings. The minimum absolute atomic E-state index is 0.625.